The van der Waals surface area contributed by atoms with E-state index in [4.69, 9.17) is 21.1 Å². The third-order valence-electron chi connectivity index (χ3n) is 6.90. The second-order valence-corrected chi connectivity index (χ2v) is 9.61. The summed E-state index contributed by atoms with van der Waals surface area (Å²) in [5.41, 5.74) is 4.27. The molecule has 1 amide bonds. The number of carbonyl (C=O) groups excluding carboxylic acids is 1. The summed E-state index contributed by atoms with van der Waals surface area (Å²) in [7, 11) is 3.60. The van der Waals surface area contributed by atoms with Crippen LogP contribution in [0.25, 0.3) is 10.9 Å². The fourth-order valence-corrected chi connectivity index (χ4v) is 5.46. The Hall–Kier alpha value is -2.70. The van der Waals surface area contributed by atoms with E-state index in [0.717, 1.165) is 47.5 Å². The molecular weight excluding hydrogens is 438 g/mol. The summed E-state index contributed by atoms with van der Waals surface area (Å²) in [5, 5.41) is 1.83. The zero-order valence-corrected chi connectivity index (χ0v) is 19.9. The number of H-pyrrole nitrogens is 1. The topological polar surface area (TPSA) is 57.8 Å². The van der Waals surface area contributed by atoms with Gasteiger partial charge in [0.15, 0.2) is 0 Å². The molecule has 0 spiro atoms. The van der Waals surface area contributed by atoms with Gasteiger partial charge in [-0.3, -0.25) is 4.90 Å². The molecule has 0 radical (unpaired) electrons. The Labute approximate surface area is 199 Å². The summed E-state index contributed by atoms with van der Waals surface area (Å²) >= 11 is 6.27. The molecule has 174 valence electrons. The number of fused-ring (bicyclic) bond motifs is 3. The third-order valence-corrected chi connectivity index (χ3v) is 7.14. The van der Waals surface area contributed by atoms with Gasteiger partial charge in [0.25, 0.3) is 0 Å². The monoisotopic (exact) mass is 467 g/mol. The van der Waals surface area contributed by atoms with Crippen LogP contribution in [0.4, 0.5) is 4.79 Å². The number of amides is 1. The van der Waals surface area contributed by atoms with Crippen molar-refractivity contribution in [1.29, 1.82) is 0 Å². The van der Waals surface area contributed by atoms with E-state index in [1.54, 1.807) is 4.90 Å². The quantitative estimate of drug-likeness (QED) is 0.569. The lowest BCUT2D eigenvalue weighted by atomic mass is 9.92. The molecule has 2 atom stereocenters. The lowest BCUT2D eigenvalue weighted by molar-refractivity contribution is 0.108. The SMILES string of the molecule is COC(=O)N1CCc2c([nH]c3ccc(Cl)cc23)C1c1ccc(OCC2CCCN(C)C2)cc1. The minimum atomic E-state index is -0.330. The summed E-state index contributed by atoms with van der Waals surface area (Å²) in [6, 6.07) is 13.7. The number of aromatic nitrogens is 1. The Bertz CT molecular complexity index is 1140. The maximum Gasteiger partial charge on any atom is 0.410 e. The molecule has 3 aromatic rings. The minimum absolute atomic E-state index is 0.256. The molecule has 2 aliphatic rings. The number of halogens is 1. The molecule has 0 aliphatic carbocycles. The highest BCUT2D eigenvalue weighted by Crippen LogP contribution is 2.39. The van der Waals surface area contributed by atoms with Gasteiger partial charge in [-0.2, -0.15) is 0 Å². The number of hydrogen-bond acceptors (Lipinski definition) is 4. The predicted molar refractivity (Wildman–Crippen MR) is 130 cm³/mol. The Morgan fingerprint density at radius 1 is 1.18 bits per heavy atom. The minimum Gasteiger partial charge on any atom is -0.493 e. The van der Waals surface area contributed by atoms with E-state index in [9.17, 15) is 4.79 Å². The summed E-state index contributed by atoms with van der Waals surface area (Å²) in [6.07, 6.45) is 2.86. The second-order valence-electron chi connectivity index (χ2n) is 9.17. The number of ether oxygens (including phenoxy) is 2. The van der Waals surface area contributed by atoms with Gasteiger partial charge in [-0.1, -0.05) is 23.7 Å². The highest BCUT2D eigenvalue weighted by Gasteiger charge is 2.35. The molecule has 1 fully saturated rings. The van der Waals surface area contributed by atoms with Gasteiger partial charge in [0.1, 0.15) is 11.8 Å². The molecule has 5 rings (SSSR count). The van der Waals surface area contributed by atoms with Crippen LogP contribution in [-0.4, -0.2) is 61.3 Å². The summed E-state index contributed by atoms with van der Waals surface area (Å²) in [6.45, 7) is 3.57. The van der Waals surface area contributed by atoms with Gasteiger partial charge >= 0.3 is 6.09 Å². The number of aromatic amines is 1. The predicted octanol–water partition coefficient (Wildman–Crippen LogP) is 5.26. The molecule has 1 N–H and O–H groups in total. The maximum absolute atomic E-state index is 12.6. The molecular formula is C26H30ClN3O3. The number of hydrogen-bond donors (Lipinski definition) is 1. The standard InChI is InChI=1S/C26H30ClN3O3/c1-29-12-3-4-17(15-29)16-33-20-8-5-18(6-9-20)25-24-21(11-13-30(25)26(31)32-2)22-14-19(27)7-10-23(22)28-24/h5-10,14,17,25,28H,3-4,11-13,15-16H2,1-2H3. The van der Waals surface area contributed by atoms with Gasteiger partial charge in [-0.25, -0.2) is 4.79 Å². The van der Waals surface area contributed by atoms with Crippen molar-refractivity contribution < 1.29 is 14.3 Å². The van der Waals surface area contributed by atoms with Crippen LogP contribution in [0.3, 0.4) is 0 Å². The van der Waals surface area contributed by atoms with Crippen LogP contribution in [0.1, 0.15) is 35.7 Å². The molecule has 0 saturated carbocycles. The average Bonchev–Trinajstić information content (AvgIpc) is 3.20. The molecule has 7 heteroatoms. The summed E-state index contributed by atoms with van der Waals surface area (Å²) in [5.74, 6) is 1.42. The first-order valence-electron chi connectivity index (χ1n) is 11.6. The van der Waals surface area contributed by atoms with Gasteiger partial charge in [-0.05, 0) is 74.3 Å². The van der Waals surface area contributed by atoms with Crippen molar-refractivity contribution in [3.8, 4) is 5.75 Å². The Morgan fingerprint density at radius 2 is 2.00 bits per heavy atom. The van der Waals surface area contributed by atoms with Gasteiger partial charge in [0.05, 0.1) is 13.7 Å². The number of nitrogens with zero attached hydrogens (tertiary/aromatic N) is 2. The number of likely N-dealkylation sites (tertiary alicyclic amines) is 1. The van der Waals surface area contributed by atoms with Crippen LogP contribution in [0.2, 0.25) is 5.02 Å². The molecule has 0 bridgehead atoms. The Kier molecular flexibility index (Phi) is 6.21. The van der Waals surface area contributed by atoms with Crippen molar-refractivity contribution in [2.24, 2.45) is 5.92 Å². The third kappa shape index (κ3) is 4.42. The average molecular weight is 468 g/mol. The molecule has 1 saturated heterocycles. The first-order valence-corrected chi connectivity index (χ1v) is 12.0. The van der Waals surface area contributed by atoms with Gasteiger partial charge in [0.2, 0.25) is 0 Å². The largest absolute Gasteiger partial charge is 0.493 e. The van der Waals surface area contributed by atoms with Crippen LogP contribution < -0.4 is 4.74 Å². The molecule has 2 unspecified atom stereocenters. The number of carbonyl (C=O) groups is 1. The van der Waals surface area contributed by atoms with Gasteiger partial charge < -0.3 is 19.4 Å². The van der Waals surface area contributed by atoms with E-state index in [1.165, 1.54) is 32.1 Å². The van der Waals surface area contributed by atoms with Gasteiger partial charge in [-0.15, -0.1) is 0 Å². The van der Waals surface area contributed by atoms with Crippen LogP contribution in [0.15, 0.2) is 42.5 Å². The van der Waals surface area contributed by atoms with E-state index < -0.39 is 0 Å². The van der Waals surface area contributed by atoms with Crippen LogP contribution in [0.5, 0.6) is 5.75 Å². The fraction of sp³-hybridized carbons (Fsp3) is 0.423. The van der Waals surface area contributed by atoms with Crippen molar-refractivity contribution in [3.63, 3.8) is 0 Å². The summed E-state index contributed by atoms with van der Waals surface area (Å²) in [4.78, 5) is 20.3. The number of methoxy groups -OCH3 is 1. The van der Waals surface area contributed by atoms with Crippen LogP contribution in [0, 0.1) is 5.92 Å². The van der Waals surface area contributed by atoms with E-state index in [1.807, 2.05) is 30.3 Å². The molecule has 1 aromatic heterocycles. The van der Waals surface area contributed by atoms with E-state index in [2.05, 4.69) is 29.1 Å². The van der Waals surface area contributed by atoms with Crippen LogP contribution in [-0.2, 0) is 11.2 Å². The van der Waals surface area contributed by atoms with Crippen molar-refractivity contribution in [1.82, 2.24) is 14.8 Å². The number of benzene rings is 2. The van der Waals surface area contributed by atoms with Crippen molar-refractivity contribution >= 4 is 28.6 Å². The zero-order valence-electron chi connectivity index (χ0n) is 19.1. The highest BCUT2D eigenvalue weighted by atomic mass is 35.5. The fourth-order valence-electron chi connectivity index (χ4n) is 5.29. The van der Waals surface area contributed by atoms with Crippen LogP contribution >= 0.6 is 11.6 Å². The van der Waals surface area contributed by atoms with Crippen molar-refractivity contribution in [2.75, 3.05) is 40.4 Å². The summed E-state index contributed by atoms with van der Waals surface area (Å²) < 4.78 is 11.2. The first kappa shape index (κ1) is 22.1. The zero-order chi connectivity index (χ0) is 22.9. The Balaban J connectivity index is 1.42. The number of nitrogens with one attached hydrogen (secondary N) is 1. The van der Waals surface area contributed by atoms with Crippen molar-refractivity contribution in [3.05, 3.63) is 64.3 Å². The lowest BCUT2D eigenvalue weighted by Crippen LogP contribution is -2.40. The van der Waals surface area contributed by atoms with Crippen molar-refractivity contribution in [2.45, 2.75) is 25.3 Å². The highest BCUT2D eigenvalue weighted by molar-refractivity contribution is 6.31. The number of rotatable bonds is 4. The maximum atomic E-state index is 12.6. The van der Waals surface area contributed by atoms with E-state index in [0.29, 0.717) is 17.5 Å². The smallest absolute Gasteiger partial charge is 0.410 e. The normalized spacial score (nSPS) is 21.1. The second kappa shape index (κ2) is 9.27. The molecule has 2 aromatic carbocycles. The molecule has 3 heterocycles. The van der Waals surface area contributed by atoms with E-state index in [-0.39, 0.29) is 12.1 Å². The van der Waals surface area contributed by atoms with Gasteiger partial charge in [0, 0.05) is 40.6 Å². The Morgan fingerprint density at radius 3 is 2.76 bits per heavy atom. The molecule has 6 nitrogen and oxygen atoms in total. The lowest BCUT2D eigenvalue weighted by Gasteiger charge is -2.35. The first-order chi connectivity index (χ1) is 16.0. The van der Waals surface area contributed by atoms with E-state index >= 15 is 0 Å². The molecule has 2 aliphatic heterocycles. The number of piperidine rings is 1. The molecule has 33 heavy (non-hydrogen) atoms.